The second-order valence-corrected chi connectivity index (χ2v) is 5.43. The lowest BCUT2D eigenvalue weighted by atomic mass is 10.1. The highest BCUT2D eigenvalue weighted by Gasteiger charge is 2.07. The normalized spacial score (nSPS) is 12.9. The van der Waals surface area contributed by atoms with Gasteiger partial charge in [-0.1, -0.05) is 43.6 Å². The summed E-state index contributed by atoms with van der Waals surface area (Å²) in [6.07, 6.45) is 1.03. The summed E-state index contributed by atoms with van der Waals surface area (Å²) in [6, 6.07) is 8.25. The van der Waals surface area contributed by atoms with Gasteiger partial charge in [0.15, 0.2) is 0 Å². The molecule has 1 atom stereocenters. The Kier molecular flexibility index (Phi) is 7.33. The SMILES string of the molecule is CC(C)COCCCNC(C)c1ccccc1Cl. The molecule has 0 aliphatic carbocycles. The zero-order chi connectivity index (χ0) is 13.4. The van der Waals surface area contributed by atoms with Crippen molar-refractivity contribution in [2.24, 2.45) is 5.92 Å². The van der Waals surface area contributed by atoms with Crippen molar-refractivity contribution >= 4 is 11.6 Å². The number of benzene rings is 1. The van der Waals surface area contributed by atoms with Gasteiger partial charge in [-0.3, -0.25) is 0 Å². The van der Waals surface area contributed by atoms with Crippen LogP contribution in [0.25, 0.3) is 0 Å². The zero-order valence-electron chi connectivity index (χ0n) is 11.6. The van der Waals surface area contributed by atoms with Crippen LogP contribution in [0.4, 0.5) is 0 Å². The molecule has 0 bridgehead atoms. The maximum Gasteiger partial charge on any atom is 0.0489 e. The molecule has 1 aromatic carbocycles. The second kappa shape index (κ2) is 8.52. The summed E-state index contributed by atoms with van der Waals surface area (Å²) in [5.74, 6) is 0.611. The highest BCUT2D eigenvalue weighted by atomic mass is 35.5. The van der Waals surface area contributed by atoms with Gasteiger partial charge in [0.05, 0.1) is 0 Å². The summed E-state index contributed by atoms with van der Waals surface area (Å²) in [5.41, 5.74) is 1.15. The van der Waals surface area contributed by atoms with Crippen molar-refractivity contribution in [1.82, 2.24) is 5.32 Å². The molecule has 0 fully saturated rings. The lowest BCUT2D eigenvalue weighted by Crippen LogP contribution is -2.21. The van der Waals surface area contributed by atoms with Crippen LogP contribution in [0, 0.1) is 5.92 Å². The van der Waals surface area contributed by atoms with Crippen molar-refractivity contribution in [1.29, 1.82) is 0 Å². The van der Waals surface area contributed by atoms with Crippen LogP contribution in [0.3, 0.4) is 0 Å². The second-order valence-electron chi connectivity index (χ2n) is 5.02. The molecule has 102 valence electrons. The van der Waals surface area contributed by atoms with E-state index >= 15 is 0 Å². The van der Waals surface area contributed by atoms with E-state index in [-0.39, 0.29) is 6.04 Å². The number of halogens is 1. The average molecular weight is 270 g/mol. The number of hydrogen-bond acceptors (Lipinski definition) is 2. The van der Waals surface area contributed by atoms with E-state index in [0.717, 1.165) is 36.8 Å². The monoisotopic (exact) mass is 269 g/mol. The Balaban J connectivity index is 2.18. The summed E-state index contributed by atoms with van der Waals surface area (Å²) >= 11 is 6.15. The van der Waals surface area contributed by atoms with Crippen LogP contribution in [0.15, 0.2) is 24.3 Å². The Morgan fingerprint density at radius 3 is 2.61 bits per heavy atom. The highest BCUT2D eigenvalue weighted by Crippen LogP contribution is 2.21. The minimum atomic E-state index is 0.281. The largest absolute Gasteiger partial charge is 0.381 e. The summed E-state index contributed by atoms with van der Waals surface area (Å²) in [5, 5.41) is 4.29. The molecule has 0 aromatic heterocycles. The number of rotatable bonds is 8. The molecule has 1 unspecified atom stereocenters. The summed E-state index contributed by atoms with van der Waals surface area (Å²) in [6.45, 7) is 9.08. The summed E-state index contributed by atoms with van der Waals surface area (Å²) in [4.78, 5) is 0. The molecule has 0 aliphatic heterocycles. The molecule has 0 radical (unpaired) electrons. The van der Waals surface area contributed by atoms with Crippen LogP contribution in [0.1, 0.15) is 38.8 Å². The zero-order valence-corrected chi connectivity index (χ0v) is 12.3. The molecular formula is C15H24ClNO. The fraction of sp³-hybridized carbons (Fsp3) is 0.600. The van der Waals surface area contributed by atoms with Crippen molar-refractivity contribution in [2.45, 2.75) is 33.2 Å². The minimum absolute atomic E-state index is 0.281. The molecule has 0 aliphatic rings. The van der Waals surface area contributed by atoms with Crippen LogP contribution in [0.5, 0.6) is 0 Å². The van der Waals surface area contributed by atoms with Gasteiger partial charge in [0, 0.05) is 24.3 Å². The fourth-order valence-corrected chi connectivity index (χ4v) is 2.05. The maximum atomic E-state index is 6.15. The van der Waals surface area contributed by atoms with Gasteiger partial charge >= 0.3 is 0 Å². The van der Waals surface area contributed by atoms with Gasteiger partial charge < -0.3 is 10.1 Å². The first-order valence-electron chi connectivity index (χ1n) is 6.66. The van der Waals surface area contributed by atoms with Crippen molar-refractivity contribution in [3.63, 3.8) is 0 Å². The Labute approximate surface area is 116 Å². The quantitative estimate of drug-likeness (QED) is 0.719. The molecular weight excluding hydrogens is 246 g/mol. The van der Waals surface area contributed by atoms with E-state index < -0.39 is 0 Å². The van der Waals surface area contributed by atoms with Gasteiger partial charge in [-0.25, -0.2) is 0 Å². The van der Waals surface area contributed by atoms with Gasteiger partial charge in [-0.05, 0) is 37.4 Å². The molecule has 1 aromatic rings. The standard InChI is InChI=1S/C15H24ClNO/c1-12(2)11-18-10-6-9-17-13(3)14-7-4-5-8-15(14)16/h4-5,7-8,12-13,17H,6,9-11H2,1-3H3. The molecule has 3 heteroatoms. The highest BCUT2D eigenvalue weighted by molar-refractivity contribution is 6.31. The van der Waals surface area contributed by atoms with Gasteiger partial charge in [-0.15, -0.1) is 0 Å². The van der Waals surface area contributed by atoms with Crippen LogP contribution < -0.4 is 5.32 Å². The molecule has 0 spiro atoms. The summed E-state index contributed by atoms with van der Waals surface area (Å²) < 4.78 is 5.54. The molecule has 0 heterocycles. The minimum Gasteiger partial charge on any atom is -0.381 e. The molecule has 0 amide bonds. The average Bonchev–Trinajstić information content (AvgIpc) is 2.33. The fourth-order valence-electron chi connectivity index (χ4n) is 1.75. The molecule has 0 saturated carbocycles. The van der Waals surface area contributed by atoms with Crippen molar-refractivity contribution < 1.29 is 4.74 Å². The van der Waals surface area contributed by atoms with E-state index in [1.165, 1.54) is 0 Å². The predicted octanol–water partition coefficient (Wildman–Crippen LogP) is 4.05. The van der Waals surface area contributed by atoms with Crippen LogP contribution in [0.2, 0.25) is 5.02 Å². The Bertz CT molecular complexity index is 341. The number of hydrogen-bond donors (Lipinski definition) is 1. The third-order valence-electron chi connectivity index (χ3n) is 2.74. The van der Waals surface area contributed by atoms with E-state index in [4.69, 9.17) is 16.3 Å². The lowest BCUT2D eigenvalue weighted by molar-refractivity contribution is 0.107. The van der Waals surface area contributed by atoms with E-state index in [9.17, 15) is 0 Å². The van der Waals surface area contributed by atoms with Crippen molar-refractivity contribution in [2.75, 3.05) is 19.8 Å². The van der Waals surface area contributed by atoms with Gasteiger partial charge in [0.1, 0.15) is 0 Å². The van der Waals surface area contributed by atoms with E-state index in [2.05, 4.69) is 32.2 Å². The Hall–Kier alpha value is -0.570. The van der Waals surface area contributed by atoms with Gasteiger partial charge in [-0.2, -0.15) is 0 Å². The molecule has 1 N–H and O–H groups in total. The third-order valence-corrected chi connectivity index (χ3v) is 3.08. The first kappa shape index (κ1) is 15.5. The van der Waals surface area contributed by atoms with Gasteiger partial charge in [0.25, 0.3) is 0 Å². The molecule has 1 rings (SSSR count). The van der Waals surface area contributed by atoms with Crippen LogP contribution in [-0.4, -0.2) is 19.8 Å². The van der Waals surface area contributed by atoms with E-state index in [0.29, 0.717) is 5.92 Å². The summed E-state index contributed by atoms with van der Waals surface area (Å²) in [7, 11) is 0. The topological polar surface area (TPSA) is 21.3 Å². The van der Waals surface area contributed by atoms with Crippen LogP contribution in [-0.2, 0) is 4.74 Å². The van der Waals surface area contributed by atoms with Gasteiger partial charge in [0.2, 0.25) is 0 Å². The Morgan fingerprint density at radius 1 is 1.22 bits per heavy atom. The van der Waals surface area contributed by atoms with Crippen LogP contribution >= 0.6 is 11.6 Å². The van der Waals surface area contributed by atoms with Crippen molar-refractivity contribution in [3.05, 3.63) is 34.9 Å². The maximum absolute atomic E-state index is 6.15. The van der Waals surface area contributed by atoms with Crippen molar-refractivity contribution in [3.8, 4) is 0 Å². The predicted molar refractivity (Wildman–Crippen MR) is 78.1 cm³/mol. The van der Waals surface area contributed by atoms with E-state index in [1.807, 2.05) is 18.2 Å². The van der Waals surface area contributed by atoms with E-state index in [1.54, 1.807) is 0 Å². The molecule has 18 heavy (non-hydrogen) atoms. The smallest absolute Gasteiger partial charge is 0.0489 e. The first-order valence-corrected chi connectivity index (χ1v) is 7.04. The molecule has 0 saturated heterocycles. The number of nitrogens with one attached hydrogen (secondary N) is 1. The first-order chi connectivity index (χ1) is 8.61. The lowest BCUT2D eigenvalue weighted by Gasteiger charge is -2.15. The third kappa shape index (κ3) is 5.85. The number of ether oxygens (including phenoxy) is 1. The Morgan fingerprint density at radius 2 is 1.94 bits per heavy atom. The molecule has 2 nitrogen and oxygen atoms in total.